The van der Waals surface area contributed by atoms with Gasteiger partial charge in [-0.15, -0.1) is 0 Å². The van der Waals surface area contributed by atoms with E-state index in [4.69, 9.17) is 9.72 Å². The molecule has 1 heterocycles. The van der Waals surface area contributed by atoms with Crippen molar-refractivity contribution in [1.29, 1.82) is 0 Å². The zero-order valence-corrected chi connectivity index (χ0v) is 20.7. The normalized spacial score (nSPS) is 11.7. The van der Waals surface area contributed by atoms with Crippen molar-refractivity contribution < 1.29 is 9.53 Å². The van der Waals surface area contributed by atoms with Crippen LogP contribution in [0.2, 0.25) is 0 Å². The molecule has 4 rings (SSSR count). The quantitative estimate of drug-likeness (QED) is 0.326. The van der Waals surface area contributed by atoms with E-state index < -0.39 is 0 Å². The fourth-order valence-corrected chi connectivity index (χ4v) is 4.14. The number of imidazole rings is 1. The van der Waals surface area contributed by atoms with E-state index in [1.54, 1.807) is 0 Å². The van der Waals surface area contributed by atoms with Crippen LogP contribution >= 0.6 is 0 Å². The molecule has 34 heavy (non-hydrogen) atoms. The summed E-state index contributed by atoms with van der Waals surface area (Å²) in [6, 6.07) is 25.9. The van der Waals surface area contributed by atoms with Crippen LogP contribution in [-0.2, 0) is 23.4 Å². The predicted molar refractivity (Wildman–Crippen MR) is 138 cm³/mol. The summed E-state index contributed by atoms with van der Waals surface area (Å²) in [6.07, 6.45) is 0. The summed E-state index contributed by atoms with van der Waals surface area (Å²) >= 11 is 0. The highest BCUT2D eigenvalue weighted by Crippen LogP contribution is 2.25. The Hall–Kier alpha value is -3.60. The lowest BCUT2D eigenvalue weighted by Gasteiger charge is -2.27. The zero-order valence-electron chi connectivity index (χ0n) is 20.7. The van der Waals surface area contributed by atoms with Crippen molar-refractivity contribution in [1.82, 2.24) is 9.55 Å². The van der Waals surface area contributed by atoms with Gasteiger partial charge in [-0.1, -0.05) is 63.2 Å². The van der Waals surface area contributed by atoms with E-state index in [2.05, 4.69) is 32.9 Å². The van der Waals surface area contributed by atoms with Crippen molar-refractivity contribution >= 4 is 22.6 Å². The molecule has 0 atom stereocenters. The van der Waals surface area contributed by atoms with Gasteiger partial charge in [0.15, 0.2) is 0 Å². The lowest BCUT2D eigenvalue weighted by atomic mass is 9.87. The van der Waals surface area contributed by atoms with Gasteiger partial charge < -0.3 is 14.2 Å². The van der Waals surface area contributed by atoms with E-state index in [0.29, 0.717) is 0 Å². The molecule has 3 aromatic carbocycles. The van der Waals surface area contributed by atoms with Crippen molar-refractivity contribution in [3.8, 4) is 5.75 Å². The number of fused-ring (bicyclic) bond motifs is 1. The minimum Gasteiger partial charge on any atom is -0.486 e. The molecule has 0 radical (unpaired) electrons. The number of hydrogen-bond donors (Lipinski definition) is 0. The molecule has 4 aromatic rings. The number of benzene rings is 3. The number of nitrogens with zero attached hydrogens (tertiary/aromatic N) is 3. The lowest BCUT2D eigenvalue weighted by Crippen LogP contribution is -2.39. The third-order valence-corrected chi connectivity index (χ3v) is 5.93. The topological polar surface area (TPSA) is 47.4 Å². The van der Waals surface area contributed by atoms with Gasteiger partial charge in [0, 0.05) is 11.7 Å². The molecule has 0 aliphatic heterocycles. The van der Waals surface area contributed by atoms with Gasteiger partial charge in [-0.05, 0) is 61.2 Å². The maximum atomic E-state index is 13.5. The molecule has 0 saturated heterocycles. The summed E-state index contributed by atoms with van der Waals surface area (Å²) in [7, 11) is 0. The fraction of sp³-hybridized carbons (Fsp3) is 0.310. The summed E-state index contributed by atoms with van der Waals surface area (Å²) in [6.45, 7) is 11.1. The number of anilines is 1. The van der Waals surface area contributed by atoms with Gasteiger partial charge in [-0.2, -0.15) is 0 Å². The Morgan fingerprint density at radius 1 is 0.941 bits per heavy atom. The molecule has 1 aromatic heterocycles. The fourth-order valence-electron chi connectivity index (χ4n) is 4.14. The van der Waals surface area contributed by atoms with Crippen molar-refractivity contribution in [3.63, 3.8) is 0 Å². The molecule has 5 nitrogen and oxygen atoms in total. The summed E-state index contributed by atoms with van der Waals surface area (Å²) in [5.74, 6) is 1.53. The zero-order chi connectivity index (χ0) is 24.3. The molecule has 1 amide bonds. The SMILES string of the molecule is CC(C)N(C(=O)Cn1c(COc2ccc(C(C)(C)C)cc2)nc2ccccc21)c1ccccc1. The first kappa shape index (κ1) is 23.6. The molecular formula is C29H33N3O2. The Bertz CT molecular complexity index is 1250. The number of carbonyl (C=O) groups is 1. The van der Waals surface area contributed by atoms with Gasteiger partial charge in [0.25, 0.3) is 0 Å². The number of rotatable bonds is 7. The molecule has 0 bridgehead atoms. The summed E-state index contributed by atoms with van der Waals surface area (Å²) in [5, 5.41) is 0. The second-order valence-corrected chi connectivity index (χ2v) is 9.86. The average molecular weight is 456 g/mol. The van der Waals surface area contributed by atoms with E-state index in [1.165, 1.54) is 5.56 Å². The van der Waals surface area contributed by atoms with Crippen LogP contribution in [0.4, 0.5) is 5.69 Å². The third kappa shape index (κ3) is 5.14. The Labute approximate surface area is 202 Å². The number of ether oxygens (including phenoxy) is 1. The number of para-hydroxylation sites is 3. The van der Waals surface area contributed by atoms with Crippen LogP contribution in [-0.4, -0.2) is 21.5 Å². The number of carbonyl (C=O) groups excluding carboxylic acids is 1. The van der Waals surface area contributed by atoms with Crippen LogP contribution in [0.3, 0.4) is 0 Å². The van der Waals surface area contributed by atoms with E-state index in [0.717, 1.165) is 28.3 Å². The molecule has 0 saturated carbocycles. The number of hydrogen-bond acceptors (Lipinski definition) is 3. The summed E-state index contributed by atoms with van der Waals surface area (Å²) < 4.78 is 8.07. The highest BCUT2D eigenvalue weighted by Gasteiger charge is 2.22. The maximum Gasteiger partial charge on any atom is 0.247 e. The Balaban J connectivity index is 1.59. The molecule has 5 heteroatoms. The van der Waals surface area contributed by atoms with Crippen molar-refractivity contribution in [3.05, 3.63) is 90.3 Å². The van der Waals surface area contributed by atoms with Crippen LogP contribution in [0, 0.1) is 0 Å². The third-order valence-electron chi connectivity index (χ3n) is 5.93. The van der Waals surface area contributed by atoms with E-state index in [-0.39, 0.29) is 30.5 Å². The molecule has 0 N–H and O–H groups in total. The minimum atomic E-state index is 0.0140. The van der Waals surface area contributed by atoms with E-state index in [1.807, 2.05) is 90.0 Å². The highest BCUT2D eigenvalue weighted by molar-refractivity contribution is 5.94. The molecular weight excluding hydrogens is 422 g/mol. The molecule has 0 fully saturated rings. The molecule has 0 aliphatic rings. The smallest absolute Gasteiger partial charge is 0.247 e. The first-order valence-corrected chi connectivity index (χ1v) is 11.8. The van der Waals surface area contributed by atoms with Gasteiger partial charge in [-0.3, -0.25) is 4.79 Å². The van der Waals surface area contributed by atoms with Crippen LogP contribution in [0.5, 0.6) is 5.75 Å². The van der Waals surface area contributed by atoms with Gasteiger partial charge in [0.1, 0.15) is 24.7 Å². The van der Waals surface area contributed by atoms with Crippen molar-refractivity contribution in [2.45, 2.75) is 59.2 Å². The highest BCUT2D eigenvalue weighted by atomic mass is 16.5. The van der Waals surface area contributed by atoms with E-state index >= 15 is 0 Å². The molecule has 0 spiro atoms. The Morgan fingerprint density at radius 2 is 1.59 bits per heavy atom. The van der Waals surface area contributed by atoms with Gasteiger partial charge in [0.05, 0.1) is 11.0 Å². The Kier molecular flexibility index (Phi) is 6.73. The minimum absolute atomic E-state index is 0.0140. The van der Waals surface area contributed by atoms with Crippen molar-refractivity contribution in [2.24, 2.45) is 0 Å². The first-order chi connectivity index (χ1) is 16.2. The van der Waals surface area contributed by atoms with Crippen LogP contribution in [0.1, 0.15) is 46.0 Å². The van der Waals surface area contributed by atoms with Gasteiger partial charge in [-0.25, -0.2) is 4.98 Å². The van der Waals surface area contributed by atoms with Crippen molar-refractivity contribution in [2.75, 3.05) is 4.90 Å². The first-order valence-electron chi connectivity index (χ1n) is 11.8. The monoisotopic (exact) mass is 455 g/mol. The molecule has 176 valence electrons. The maximum absolute atomic E-state index is 13.5. The second kappa shape index (κ2) is 9.72. The van der Waals surface area contributed by atoms with E-state index in [9.17, 15) is 4.79 Å². The standard InChI is InChI=1S/C29H33N3O2/c1-21(2)32(23-11-7-6-8-12-23)28(33)19-31-26-14-10-9-13-25(26)30-27(31)20-34-24-17-15-22(16-18-24)29(3,4)5/h6-18,21H,19-20H2,1-5H3. The molecule has 0 unspecified atom stereocenters. The predicted octanol–water partition coefficient (Wildman–Crippen LogP) is 6.35. The number of aromatic nitrogens is 2. The molecule has 0 aliphatic carbocycles. The van der Waals surface area contributed by atoms with Crippen LogP contribution in [0.25, 0.3) is 11.0 Å². The van der Waals surface area contributed by atoms with Crippen LogP contribution < -0.4 is 9.64 Å². The second-order valence-electron chi connectivity index (χ2n) is 9.86. The lowest BCUT2D eigenvalue weighted by molar-refractivity contribution is -0.119. The summed E-state index contributed by atoms with van der Waals surface area (Å²) in [4.78, 5) is 20.1. The van der Waals surface area contributed by atoms with Crippen LogP contribution in [0.15, 0.2) is 78.9 Å². The summed E-state index contributed by atoms with van der Waals surface area (Å²) in [5.41, 5.74) is 4.02. The largest absolute Gasteiger partial charge is 0.486 e. The van der Waals surface area contributed by atoms with Gasteiger partial charge in [0.2, 0.25) is 5.91 Å². The Morgan fingerprint density at radius 3 is 2.24 bits per heavy atom. The number of amides is 1. The van der Waals surface area contributed by atoms with Gasteiger partial charge >= 0.3 is 0 Å². The average Bonchev–Trinajstić information content (AvgIpc) is 3.15.